The second-order valence-electron chi connectivity index (χ2n) is 7.97. The molecule has 33 heavy (non-hydrogen) atoms. The van der Waals surface area contributed by atoms with E-state index in [2.05, 4.69) is 21.9 Å². The van der Waals surface area contributed by atoms with E-state index in [1.54, 1.807) is 31.7 Å². The summed E-state index contributed by atoms with van der Waals surface area (Å²) >= 11 is 0. The number of H-pyrrole nitrogens is 1. The van der Waals surface area contributed by atoms with Crippen LogP contribution in [0, 0.1) is 5.41 Å². The maximum Gasteiger partial charge on any atom is 0.138 e. The number of aryl methyl sites for hydroxylation is 1. The van der Waals surface area contributed by atoms with Crippen molar-refractivity contribution in [2.45, 2.75) is 32.7 Å². The average Bonchev–Trinajstić information content (AvgIpc) is 3.50. The van der Waals surface area contributed by atoms with Crippen LogP contribution in [0.3, 0.4) is 0 Å². The first-order valence-electron chi connectivity index (χ1n) is 10.8. The van der Waals surface area contributed by atoms with E-state index >= 15 is 0 Å². The van der Waals surface area contributed by atoms with Crippen LogP contribution in [0.4, 0.5) is 5.69 Å². The van der Waals surface area contributed by atoms with Crippen molar-refractivity contribution < 1.29 is 9.15 Å². The average molecular weight is 445 g/mol. The number of nitrogens with one attached hydrogen (secondary N) is 2. The molecule has 4 aromatic rings. The molecule has 0 fully saturated rings. The molecule has 0 aliphatic carbocycles. The molecule has 0 saturated heterocycles. The Balaban J connectivity index is 1.61. The summed E-state index contributed by atoms with van der Waals surface area (Å²) < 4.78 is 11.3. The van der Waals surface area contributed by atoms with Crippen LogP contribution in [-0.2, 0) is 12.8 Å². The van der Waals surface area contributed by atoms with E-state index in [0.717, 1.165) is 24.0 Å². The van der Waals surface area contributed by atoms with Gasteiger partial charge in [-0.25, -0.2) is 4.98 Å². The number of rotatable bonds is 9. The standard InChI is InChI=1S/C25H28N6O2/c1-3-16-10-29-11-18(16)8-19(27)14-33-20-9-21(25(30-12-20)17-6-7-32-13-17)23-5-4-22(28)24(31-23)15(2)26/h4-7,9-13,19,26,29H,3,8,14,27-28H2,1-2H3. The Morgan fingerprint density at radius 1 is 1.24 bits per heavy atom. The topological polar surface area (TPSA) is 140 Å². The Morgan fingerprint density at radius 2 is 2.06 bits per heavy atom. The molecule has 8 heteroatoms. The minimum Gasteiger partial charge on any atom is -0.490 e. The number of aromatic nitrogens is 3. The summed E-state index contributed by atoms with van der Waals surface area (Å²) in [6.07, 6.45) is 10.6. The van der Waals surface area contributed by atoms with Crippen molar-refractivity contribution in [3.8, 4) is 28.3 Å². The fraction of sp³-hybridized carbons (Fsp3) is 0.240. The summed E-state index contributed by atoms with van der Waals surface area (Å²) in [4.78, 5) is 12.4. The maximum atomic E-state index is 7.98. The fourth-order valence-electron chi connectivity index (χ4n) is 3.76. The molecule has 6 N–H and O–H groups in total. The molecule has 1 unspecified atom stereocenters. The highest BCUT2D eigenvalue weighted by molar-refractivity contribution is 5.99. The van der Waals surface area contributed by atoms with Crippen LogP contribution in [0.25, 0.3) is 22.5 Å². The Hall–Kier alpha value is -3.91. The quantitative estimate of drug-likeness (QED) is 0.285. The van der Waals surface area contributed by atoms with Crippen LogP contribution in [0.5, 0.6) is 5.75 Å². The van der Waals surface area contributed by atoms with Gasteiger partial charge in [0.1, 0.15) is 18.1 Å². The number of aromatic amines is 1. The zero-order valence-corrected chi connectivity index (χ0v) is 18.8. The van der Waals surface area contributed by atoms with Gasteiger partial charge in [0.25, 0.3) is 0 Å². The van der Waals surface area contributed by atoms with Crippen molar-refractivity contribution in [3.05, 3.63) is 72.2 Å². The Morgan fingerprint density at radius 3 is 2.79 bits per heavy atom. The summed E-state index contributed by atoms with van der Waals surface area (Å²) in [7, 11) is 0. The number of pyridine rings is 2. The normalized spacial score (nSPS) is 12.0. The van der Waals surface area contributed by atoms with Gasteiger partial charge in [-0.15, -0.1) is 0 Å². The van der Waals surface area contributed by atoms with Crippen LogP contribution in [0.15, 0.2) is 59.8 Å². The minimum absolute atomic E-state index is 0.162. The second kappa shape index (κ2) is 9.70. The third-order valence-corrected chi connectivity index (χ3v) is 5.47. The van der Waals surface area contributed by atoms with Crippen LogP contribution in [-0.4, -0.2) is 33.3 Å². The fourth-order valence-corrected chi connectivity index (χ4v) is 3.76. The number of nitrogen functional groups attached to an aromatic ring is 1. The Kier molecular flexibility index (Phi) is 6.55. The van der Waals surface area contributed by atoms with E-state index in [9.17, 15) is 0 Å². The molecule has 4 heterocycles. The van der Waals surface area contributed by atoms with Crippen molar-refractivity contribution in [1.82, 2.24) is 15.0 Å². The summed E-state index contributed by atoms with van der Waals surface area (Å²) in [5, 5.41) is 7.98. The molecule has 4 rings (SSSR count). The molecule has 0 radical (unpaired) electrons. The minimum atomic E-state index is -0.162. The lowest BCUT2D eigenvalue weighted by atomic mass is 10.0. The van der Waals surface area contributed by atoms with Crippen molar-refractivity contribution >= 4 is 11.4 Å². The highest BCUT2D eigenvalue weighted by Crippen LogP contribution is 2.33. The van der Waals surface area contributed by atoms with Crippen molar-refractivity contribution in [1.29, 1.82) is 5.41 Å². The van der Waals surface area contributed by atoms with Gasteiger partial charge in [0.15, 0.2) is 0 Å². The third-order valence-electron chi connectivity index (χ3n) is 5.47. The van der Waals surface area contributed by atoms with Crippen LogP contribution in [0.1, 0.15) is 30.7 Å². The first-order chi connectivity index (χ1) is 16.0. The van der Waals surface area contributed by atoms with Crippen molar-refractivity contribution in [3.63, 3.8) is 0 Å². The van der Waals surface area contributed by atoms with Gasteiger partial charge >= 0.3 is 0 Å². The number of anilines is 1. The highest BCUT2D eigenvalue weighted by atomic mass is 16.5. The Labute approximate surface area is 192 Å². The molecule has 0 saturated carbocycles. The molecule has 0 aliphatic rings. The van der Waals surface area contributed by atoms with E-state index in [1.807, 2.05) is 30.6 Å². The van der Waals surface area contributed by atoms with Gasteiger partial charge in [-0.3, -0.25) is 4.98 Å². The summed E-state index contributed by atoms with van der Waals surface area (Å²) in [5.74, 6) is 0.587. The maximum absolute atomic E-state index is 7.98. The van der Waals surface area contributed by atoms with Crippen molar-refractivity contribution in [2.75, 3.05) is 12.3 Å². The molecule has 0 aromatic carbocycles. The van der Waals surface area contributed by atoms with E-state index in [4.69, 9.17) is 26.0 Å². The molecular formula is C25H28N6O2. The van der Waals surface area contributed by atoms with Gasteiger partial charge in [0.2, 0.25) is 0 Å². The van der Waals surface area contributed by atoms with E-state index in [1.165, 1.54) is 11.1 Å². The van der Waals surface area contributed by atoms with Gasteiger partial charge in [-0.2, -0.15) is 0 Å². The summed E-state index contributed by atoms with van der Waals surface area (Å²) in [6.45, 7) is 4.13. The zero-order chi connectivity index (χ0) is 23.4. The molecule has 0 spiro atoms. The Bertz CT molecular complexity index is 1250. The number of nitrogens with zero attached hydrogens (tertiary/aromatic N) is 2. The number of ether oxygens (including phenoxy) is 1. The van der Waals surface area contributed by atoms with Gasteiger partial charge in [-0.05, 0) is 55.2 Å². The van der Waals surface area contributed by atoms with Gasteiger partial charge in [0.05, 0.1) is 41.5 Å². The molecular weight excluding hydrogens is 416 g/mol. The zero-order valence-electron chi connectivity index (χ0n) is 18.8. The molecule has 0 bridgehead atoms. The SMILES string of the molecule is CCc1c[nH]cc1CC(N)COc1cnc(-c2ccoc2)c(-c2ccc(N)c(C(C)=N)n2)c1. The van der Waals surface area contributed by atoms with Crippen LogP contribution < -0.4 is 16.2 Å². The van der Waals surface area contributed by atoms with Gasteiger partial charge in [0, 0.05) is 29.6 Å². The lowest BCUT2D eigenvalue weighted by Gasteiger charge is -2.15. The third kappa shape index (κ3) is 4.96. The number of nitrogens with two attached hydrogens (primary N) is 2. The molecule has 1 atom stereocenters. The largest absolute Gasteiger partial charge is 0.490 e. The van der Waals surface area contributed by atoms with E-state index < -0.39 is 0 Å². The number of hydrogen-bond acceptors (Lipinski definition) is 7. The molecule has 0 amide bonds. The molecule has 4 aromatic heterocycles. The first-order valence-corrected chi connectivity index (χ1v) is 10.8. The summed E-state index contributed by atoms with van der Waals surface area (Å²) in [6, 6.07) is 7.13. The summed E-state index contributed by atoms with van der Waals surface area (Å²) in [5.41, 5.74) is 18.9. The smallest absolute Gasteiger partial charge is 0.138 e. The lowest BCUT2D eigenvalue weighted by Crippen LogP contribution is -2.30. The predicted molar refractivity (Wildman–Crippen MR) is 129 cm³/mol. The van der Waals surface area contributed by atoms with Gasteiger partial charge < -0.3 is 31.0 Å². The highest BCUT2D eigenvalue weighted by Gasteiger charge is 2.16. The lowest BCUT2D eigenvalue weighted by molar-refractivity contribution is 0.286. The number of hydrogen-bond donors (Lipinski definition) is 4. The predicted octanol–water partition coefficient (Wildman–Crippen LogP) is 4.21. The van der Waals surface area contributed by atoms with Crippen molar-refractivity contribution in [2.24, 2.45) is 5.73 Å². The second-order valence-corrected chi connectivity index (χ2v) is 7.97. The van der Waals surface area contributed by atoms with Crippen LogP contribution >= 0.6 is 0 Å². The molecule has 170 valence electrons. The van der Waals surface area contributed by atoms with Crippen LogP contribution in [0.2, 0.25) is 0 Å². The molecule has 0 aliphatic heterocycles. The first kappa shape index (κ1) is 22.3. The van der Waals surface area contributed by atoms with E-state index in [0.29, 0.717) is 40.8 Å². The molecule has 8 nitrogen and oxygen atoms in total. The monoisotopic (exact) mass is 444 g/mol. The number of furan rings is 1. The van der Waals surface area contributed by atoms with Gasteiger partial charge in [-0.1, -0.05) is 6.92 Å². The van der Waals surface area contributed by atoms with E-state index in [-0.39, 0.29) is 6.04 Å².